The normalized spacial score (nSPS) is 13.7. The fourth-order valence-electron chi connectivity index (χ4n) is 3.45. The van der Waals surface area contributed by atoms with Crippen LogP contribution >= 0.6 is 22.9 Å². The number of benzene rings is 1. The molecule has 3 heterocycles. The first-order valence-corrected chi connectivity index (χ1v) is 10.2. The monoisotopic (exact) mass is 401 g/mol. The maximum Gasteiger partial charge on any atom is 0.348 e. The van der Waals surface area contributed by atoms with Crippen molar-refractivity contribution in [3.8, 4) is 0 Å². The second kappa shape index (κ2) is 7.44. The van der Waals surface area contributed by atoms with Crippen molar-refractivity contribution in [2.24, 2.45) is 0 Å². The van der Waals surface area contributed by atoms with Crippen molar-refractivity contribution in [2.45, 2.75) is 33.2 Å². The zero-order valence-corrected chi connectivity index (χ0v) is 16.9. The quantitative estimate of drug-likeness (QED) is 0.465. The van der Waals surface area contributed by atoms with E-state index in [1.165, 1.54) is 22.5 Å². The van der Waals surface area contributed by atoms with Crippen molar-refractivity contribution >= 4 is 44.9 Å². The number of carbonyl (C=O) groups excluding carboxylic acids is 1. The van der Waals surface area contributed by atoms with Crippen LogP contribution < -0.4 is 4.90 Å². The number of hydrogen-bond donors (Lipinski definition) is 0. The van der Waals surface area contributed by atoms with Gasteiger partial charge in [0.2, 0.25) is 5.28 Å². The number of halogens is 1. The van der Waals surface area contributed by atoms with E-state index < -0.39 is 0 Å². The van der Waals surface area contributed by atoms with Crippen molar-refractivity contribution in [1.29, 1.82) is 0 Å². The number of fused-ring (bicyclic) bond motifs is 2. The molecule has 3 aromatic rings. The SMILES string of the molecule is CCCOC(=O)c1sc2nc(Cl)nc(N3CCc4ccccc4C3)c2c1C. The number of anilines is 1. The molecule has 0 radical (unpaired) electrons. The predicted molar refractivity (Wildman–Crippen MR) is 109 cm³/mol. The lowest BCUT2D eigenvalue weighted by atomic mass is 9.99. The zero-order valence-electron chi connectivity index (χ0n) is 15.3. The lowest BCUT2D eigenvalue weighted by Gasteiger charge is -2.30. The second-order valence-electron chi connectivity index (χ2n) is 6.63. The Morgan fingerprint density at radius 2 is 2.07 bits per heavy atom. The molecular weight excluding hydrogens is 382 g/mol. The minimum atomic E-state index is -0.302. The van der Waals surface area contributed by atoms with E-state index in [2.05, 4.69) is 39.1 Å². The first kappa shape index (κ1) is 18.2. The molecule has 0 unspecified atom stereocenters. The molecule has 1 aliphatic heterocycles. The maximum atomic E-state index is 12.4. The van der Waals surface area contributed by atoms with Gasteiger partial charge in [0, 0.05) is 13.1 Å². The van der Waals surface area contributed by atoms with E-state index in [1.54, 1.807) is 0 Å². The third kappa shape index (κ3) is 3.39. The van der Waals surface area contributed by atoms with Crippen molar-refractivity contribution in [3.05, 3.63) is 51.1 Å². The van der Waals surface area contributed by atoms with Crippen LogP contribution in [0.3, 0.4) is 0 Å². The highest BCUT2D eigenvalue weighted by molar-refractivity contribution is 7.20. The first-order chi connectivity index (χ1) is 13.1. The van der Waals surface area contributed by atoms with Crippen LogP contribution in [0.15, 0.2) is 24.3 Å². The molecule has 1 aliphatic rings. The molecule has 0 spiro atoms. The van der Waals surface area contributed by atoms with Gasteiger partial charge in [-0.1, -0.05) is 31.2 Å². The second-order valence-corrected chi connectivity index (χ2v) is 7.97. The summed E-state index contributed by atoms with van der Waals surface area (Å²) in [6.07, 6.45) is 1.74. The molecule has 140 valence electrons. The van der Waals surface area contributed by atoms with Gasteiger partial charge >= 0.3 is 5.97 Å². The van der Waals surface area contributed by atoms with Crippen LogP contribution in [0.2, 0.25) is 5.28 Å². The van der Waals surface area contributed by atoms with E-state index in [4.69, 9.17) is 16.3 Å². The smallest absolute Gasteiger partial charge is 0.348 e. The molecule has 5 nitrogen and oxygen atoms in total. The number of carbonyl (C=O) groups is 1. The van der Waals surface area contributed by atoms with Gasteiger partial charge in [0.1, 0.15) is 15.5 Å². The summed E-state index contributed by atoms with van der Waals surface area (Å²) in [6.45, 7) is 5.94. The van der Waals surface area contributed by atoms with Crippen molar-refractivity contribution in [3.63, 3.8) is 0 Å². The molecular formula is C20H20ClN3O2S. The van der Waals surface area contributed by atoms with Crippen LogP contribution in [0.4, 0.5) is 5.82 Å². The minimum absolute atomic E-state index is 0.200. The van der Waals surface area contributed by atoms with Crippen molar-refractivity contribution < 1.29 is 9.53 Å². The van der Waals surface area contributed by atoms with Crippen LogP contribution in [-0.4, -0.2) is 29.1 Å². The van der Waals surface area contributed by atoms with Gasteiger partial charge in [-0.25, -0.2) is 9.78 Å². The van der Waals surface area contributed by atoms with Gasteiger partial charge in [-0.15, -0.1) is 11.3 Å². The topological polar surface area (TPSA) is 55.3 Å². The van der Waals surface area contributed by atoms with E-state index >= 15 is 0 Å². The van der Waals surface area contributed by atoms with Gasteiger partial charge in [-0.05, 0) is 48.1 Å². The molecule has 0 aliphatic carbocycles. The van der Waals surface area contributed by atoms with Crippen molar-refractivity contribution in [2.75, 3.05) is 18.1 Å². The highest BCUT2D eigenvalue weighted by atomic mass is 35.5. The Morgan fingerprint density at radius 3 is 2.85 bits per heavy atom. The highest BCUT2D eigenvalue weighted by Crippen LogP contribution is 2.38. The summed E-state index contributed by atoms with van der Waals surface area (Å²) in [5, 5.41) is 1.10. The van der Waals surface area contributed by atoms with Crippen LogP contribution in [0.1, 0.15) is 39.7 Å². The Hall–Kier alpha value is -2.18. The molecule has 0 N–H and O–H groups in total. The maximum absolute atomic E-state index is 12.4. The van der Waals surface area contributed by atoms with Gasteiger partial charge < -0.3 is 9.64 Å². The number of thiophene rings is 1. The number of aryl methyl sites for hydroxylation is 1. The number of aromatic nitrogens is 2. The fraction of sp³-hybridized carbons (Fsp3) is 0.350. The molecule has 4 rings (SSSR count). The average molecular weight is 402 g/mol. The lowest BCUT2D eigenvalue weighted by molar-refractivity contribution is 0.0510. The average Bonchev–Trinajstić information content (AvgIpc) is 3.01. The summed E-state index contributed by atoms with van der Waals surface area (Å²) in [6, 6.07) is 8.45. The Balaban J connectivity index is 1.77. The summed E-state index contributed by atoms with van der Waals surface area (Å²) < 4.78 is 5.33. The molecule has 0 saturated carbocycles. The first-order valence-electron chi connectivity index (χ1n) is 9.04. The van der Waals surface area contributed by atoms with Gasteiger partial charge in [-0.2, -0.15) is 4.98 Å². The van der Waals surface area contributed by atoms with Crippen molar-refractivity contribution in [1.82, 2.24) is 9.97 Å². The molecule has 7 heteroatoms. The van der Waals surface area contributed by atoms with Crippen LogP contribution in [-0.2, 0) is 17.7 Å². The largest absolute Gasteiger partial charge is 0.462 e. The van der Waals surface area contributed by atoms with E-state index in [-0.39, 0.29) is 11.3 Å². The van der Waals surface area contributed by atoms with Crippen LogP contribution in [0.5, 0.6) is 0 Å². The summed E-state index contributed by atoms with van der Waals surface area (Å²) in [5.41, 5.74) is 3.53. The minimum Gasteiger partial charge on any atom is -0.462 e. The van der Waals surface area contributed by atoms with Gasteiger partial charge in [0.15, 0.2) is 0 Å². The molecule has 27 heavy (non-hydrogen) atoms. The molecule has 0 amide bonds. The standard InChI is InChI=1S/C20H20ClN3O2S/c1-3-10-26-19(25)16-12(2)15-17(22-20(21)23-18(15)27-16)24-9-8-13-6-4-5-7-14(13)11-24/h4-7H,3,8-11H2,1-2H3. The molecule has 0 bridgehead atoms. The number of hydrogen-bond acceptors (Lipinski definition) is 6. The third-order valence-electron chi connectivity index (χ3n) is 4.80. The Kier molecular flexibility index (Phi) is 5.02. The Bertz CT molecular complexity index is 1020. The predicted octanol–water partition coefficient (Wildman–Crippen LogP) is 4.78. The van der Waals surface area contributed by atoms with Crippen LogP contribution in [0.25, 0.3) is 10.2 Å². The molecule has 0 saturated heterocycles. The Labute approximate surface area is 167 Å². The molecule has 0 fully saturated rings. The summed E-state index contributed by atoms with van der Waals surface area (Å²) in [4.78, 5) is 24.8. The zero-order chi connectivity index (χ0) is 19.0. The third-order valence-corrected chi connectivity index (χ3v) is 6.13. The molecule has 1 aromatic carbocycles. The van der Waals surface area contributed by atoms with Crippen LogP contribution in [0, 0.1) is 6.92 Å². The number of esters is 1. The highest BCUT2D eigenvalue weighted by Gasteiger charge is 2.25. The summed E-state index contributed by atoms with van der Waals surface area (Å²) in [7, 11) is 0. The number of nitrogens with zero attached hydrogens (tertiary/aromatic N) is 3. The van der Waals surface area contributed by atoms with E-state index in [9.17, 15) is 4.79 Å². The molecule has 0 atom stereocenters. The van der Waals surface area contributed by atoms with Gasteiger partial charge in [0.25, 0.3) is 0 Å². The van der Waals surface area contributed by atoms with Gasteiger partial charge in [-0.3, -0.25) is 0 Å². The summed E-state index contributed by atoms with van der Waals surface area (Å²) in [5.74, 6) is 0.492. The number of rotatable bonds is 4. The fourth-order valence-corrected chi connectivity index (χ4v) is 4.74. The number of ether oxygens (including phenoxy) is 1. The lowest BCUT2D eigenvalue weighted by Crippen LogP contribution is -2.31. The van der Waals surface area contributed by atoms with E-state index in [0.29, 0.717) is 11.5 Å². The van der Waals surface area contributed by atoms with Gasteiger partial charge in [0.05, 0.1) is 12.0 Å². The van der Waals surface area contributed by atoms with E-state index in [0.717, 1.165) is 47.5 Å². The molecule has 2 aromatic heterocycles. The van der Waals surface area contributed by atoms with E-state index in [1.807, 2.05) is 13.8 Å². The Morgan fingerprint density at radius 1 is 1.30 bits per heavy atom. The summed E-state index contributed by atoms with van der Waals surface area (Å²) >= 11 is 7.53.